The predicted molar refractivity (Wildman–Crippen MR) is 127 cm³/mol. The third-order valence-electron chi connectivity index (χ3n) is 4.93. The van der Waals surface area contributed by atoms with E-state index in [-0.39, 0.29) is 17.2 Å². The number of pyridine rings is 2. The van der Waals surface area contributed by atoms with Crippen molar-refractivity contribution in [3.05, 3.63) is 103 Å². The minimum absolute atomic E-state index is 0.258. The lowest BCUT2D eigenvalue weighted by molar-refractivity contribution is -0.118. The average molecular weight is 472 g/mol. The number of benzene rings is 2. The zero-order valence-electron chi connectivity index (χ0n) is 18.4. The molecule has 0 aliphatic carbocycles. The number of nitrogens with one attached hydrogen (secondary N) is 2. The highest BCUT2D eigenvalue weighted by Crippen LogP contribution is 2.25. The number of ether oxygens (including phenoxy) is 1. The summed E-state index contributed by atoms with van der Waals surface area (Å²) in [5.41, 5.74) is 1.64. The lowest BCUT2D eigenvalue weighted by Crippen LogP contribution is -2.46. The molecule has 0 aliphatic heterocycles. The highest BCUT2D eigenvalue weighted by Gasteiger charge is 2.21. The largest absolute Gasteiger partial charge is 0.457 e. The molecule has 0 radical (unpaired) electrons. The number of halogens is 1. The average Bonchev–Trinajstić information content (AvgIpc) is 2.89. The molecule has 0 fully saturated rings. The van der Waals surface area contributed by atoms with E-state index < -0.39 is 24.5 Å². The van der Waals surface area contributed by atoms with E-state index >= 15 is 0 Å². The van der Waals surface area contributed by atoms with Gasteiger partial charge in [0.05, 0.1) is 17.9 Å². The summed E-state index contributed by atoms with van der Waals surface area (Å²) in [5, 5.41) is 14.7. The van der Waals surface area contributed by atoms with Crippen molar-refractivity contribution < 1.29 is 23.8 Å². The lowest BCUT2D eigenvalue weighted by atomic mass is 10.1. The van der Waals surface area contributed by atoms with Crippen molar-refractivity contribution in [1.29, 1.82) is 0 Å². The monoisotopic (exact) mass is 472 g/mol. The molecule has 9 heteroatoms. The van der Waals surface area contributed by atoms with Crippen molar-refractivity contribution in [2.75, 3.05) is 11.9 Å². The first-order valence-corrected chi connectivity index (χ1v) is 10.7. The first-order chi connectivity index (χ1) is 17.0. The Balaban J connectivity index is 1.41. The van der Waals surface area contributed by atoms with Gasteiger partial charge in [0.2, 0.25) is 0 Å². The van der Waals surface area contributed by atoms with Crippen LogP contribution in [0.25, 0.3) is 11.3 Å². The summed E-state index contributed by atoms with van der Waals surface area (Å²) in [7, 11) is 0. The van der Waals surface area contributed by atoms with Crippen LogP contribution in [-0.4, -0.2) is 39.5 Å². The first-order valence-electron chi connectivity index (χ1n) is 10.7. The van der Waals surface area contributed by atoms with Crippen molar-refractivity contribution in [2.24, 2.45) is 0 Å². The van der Waals surface area contributed by atoms with Crippen molar-refractivity contribution in [3.63, 3.8) is 0 Å². The van der Waals surface area contributed by atoms with Crippen LogP contribution in [0.1, 0.15) is 10.4 Å². The summed E-state index contributed by atoms with van der Waals surface area (Å²) in [6.45, 7) is -0.590. The van der Waals surface area contributed by atoms with Gasteiger partial charge in [-0.05, 0) is 72.8 Å². The number of anilines is 1. The molecule has 0 spiro atoms. The Morgan fingerprint density at radius 1 is 0.943 bits per heavy atom. The molecule has 8 nitrogen and oxygen atoms in total. The zero-order chi connectivity index (χ0) is 24.6. The summed E-state index contributed by atoms with van der Waals surface area (Å²) in [5.74, 6) is -0.148. The zero-order valence-corrected chi connectivity index (χ0v) is 18.4. The fraction of sp³-hybridized carbons (Fsp3) is 0.0769. The third kappa shape index (κ3) is 6.24. The Hall–Kier alpha value is -4.63. The van der Waals surface area contributed by atoms with Crippen LogP contribution in [0.15, 0.2) is 91.3 Å². The molecule has 4 aromatic rings. The van der Waals surface area contributed by atoms with Gasteiger partial charge in [-0.3, -0.25) is 14.6 Å². The Bertz CT molecular complexity index is 1300. The number of hydrogen-bond acceptors (Lipinski definition) is 6. The van der Waals surface area contributed by atoms with Gasteiger partial charge in [0.25, 0.3) is 11.8 Å². The molecule has 0 saturated heterocycles. The Kier molecular flexibility index (Phi) is 7.39. The quantitative estimate of drug-likeness (QED) is 0.360. The number of rotatable bonds is 8. The first kappa shape index (κ1) is 23.5. The Morgan fingerprint density at radius 3 is 2.31 bits per heavy atom. The summed E-state index contributed by atoms with van der Waals surface area (Å²) >= 11 is 0. The minimum Gasteiger partial charge on any atom is -0.457 e. The molecule has 4 rings (SSSR count). The van der Waals surface area contributed by atoms with E-state index in [1.165, 1.54) is 36.7 Å². The van der Waals surface area contributed by atoms with Crippen LogP contribution in [0.2, 0.25) is 0 Å². The van der Waals surface area contributed by atoms with E-state index in [1.54, 1.807) is 54.6 Å². The van der Waals surface area contributed by atoms with E-state index in [4.69, 9.17) is 4.74 Å². The standard InChI is InChI=1S/C26H21FN4O4/c27-19-8-12-21(13-9-19)35-20-10-6-17(7-11-20)22-4-1-5-24(29-22)31-26(34)23(16-32)30-25(33)18-3-2-14-28-15-18/h1-15,23,32H,16H2,(H,30,33)(H,29,31,34). The third-order valence-corrected chi connectivity index (χ3v) is 4.93. The van der Waals surface area contributed by atoms with Crippen molar-refractivity contribution >= 4 is 17.6 Å². The number of aliphatic hydroxyl groups is 1. The van der Waals surface area contributed by atoms with Crippen molar-refractivity contribution in [2.45, 2.75) is 6.04 Å². The highest BCUT2D eigenvalue weighted by molar-refractivity contribution is 6.00. The molecule has 2 aromatic carbocycles. The molecule has 1 unspecified atom stereocenters. The summed E-state index contributed by atoms with van der Waals surface area (Å²) < 4.78 is 18.7. The van der Waals surface area contributed by atoms with Crippen LogP contribution in [0.5, 0.6) is 11.5 Å². The summed E-state index contributed by atoms with van der Waals surface area (Å²) in [4.78, 5) is 33.2. The van der Waals surface area contributed by atoms with Crippen LogP contribution in [-0.2, 0) is 4.79 Å². The SMILES string of the molecule is O=C(NC(CO)C(=O)Nc1cccc(-c2ccc(Oc3ccc(F)cc3)cc2)n1)c1cccnc1. The fourth-order valence-electron chi connectivity index (χ4n) is 3.14. The number of hydrogen-bond donors (Lipinski definition) is 3. The van der Waals surface area contributed by atoms with Gasteiger partial charge in [-0.15, -0.1) is 0 Å². The number of nitrogens with zero attached hydrogens (tertiary/aromatic N) is 2. The van der Waals surface area contributed by atoms with Gasteiger partial charge in [-0.1, -0.05) is 6.07 Å². The van der Waals surface area contributed by atoms with E-state index in [2.05, 4.69) is 20.6 Å². The van der Waals surface area contributed by atoms with Gasteiger partial charge >= 0.3 is 0 Å². The van der Waals surface area contributed by atoms with Gasteiger partial charge < -0.3 is 20.5 Å². The lowest BCUT2D eigenvalue weighted by Gasteiger charge is -2.16. The highest BCUT2D eigenvalue weighted by atomic mass is 19.1. The molecule has 3 N–H and O–H groups in total. The van der Waals surface area contributed by atoms with Crippen molar-refractivity contribution in [1.82, 2.24) is 15.3 Å². The molecule has 35 heavy (non-hydrogen) atoms. The maximum Gasteiger partial charge on any atom is 0.253 e. The van der Waals surface area contributed by atoms with Crippen LogP contribution in [0, 0.1) is 5.82 Å². The second kappa shape index (κ2) is 11.0. The van der Waals surface area contributed by atoms with Gasteiger partial charge in [-0.25, -0.2) is 9.37 Å². The normalized spacial score (nSPS) is 11.4. The van der Waals surface area contributed by atoms with Crippen molar-refractivity contribution in [3.8, 4) is 22.8 Å². The van der Waals surface area contributed by atoms with Crippen LogP contribution in [0.4, 0.5) is 10.2 Å². The molecule has 2 aromatic heterocycles. The molecule has 2 heterocycles. The van der Waals surface area contributed by atoms with Gasteiger partial charge in [0, 0.05) is 18.0 Å². The number of aliphatic hydroxyl groups excluding tert-OH is 1. The Morgan fingerprint density at radius 2 is 1.66 bits per heavy atom. The second-order valence-corrected chi connectivity index (χ2v) is 7.43. The van der Waals surface area contributed by atoms with E-state index in [1.807, 2.05) is 0 Å². The molecule has 176 valence electrons. The molecule has 0 saturated carbocycles. The van der Waals surface area contributed by atoms with Gasteiger partial charge in [-0.2, -0.15) is 0 Å². The van der Waals surface area contributed by atoms with Gasteiger partial charge in [0.15, 0.2) is 0 Å². The summed E-state index contributed by atoms with van der Waals surface area (Å²) in [6, 6.07) is 19.9. The minimum atomic E-state index is -1.17. The number of amides is 2. The van der Waals surface area contributed by atoms with E-state index in [0.29, 0.717) is 17.2 Å². The maximum atomic E-state index is 13.0. The summed E-state index contributed by atoms with van der Waals surface area (Å²) in [6.07, 6.45) is 2.89. The molecular weight excluding hydrogens is 451 g/mol. The maximum absolute atomic E-state index is 13.0. The smallest absolute Gasteiger partial charge is 0.253 e. The molecule has 1 atom stereocenters. The van der Waals surface area contributed by atoms with Crippen LogP contribution in [0.3, 0.4) is 0 Å². The van der Waals surface area contributed by atoms with E-state index in [9.17, 15) is 19.1 Å². The fourth-order valence-corrected chi connectivity index (χ4v) is 3.14. The topological polar surface area (TPSA) is 113 Å². The second-order valence-electron chi connectivity index (χ2n) is 7.43. The molecule has 2 amide bonds. The molecule has 0 bridgehead atoms. The van der Waals surface area contributed by atoms with Gasteiger partial charge in [0.1, 0.15) is 29.2 Å². The molecule has 0 aliphatic rings. The molecular formula is C26H21FN4O4. The van der Waals surface area contributed by atoms with Crippen LogP contribution < -0.4 is 15.4 Å². The number of carbonyl (C=O) groups is 2. The van der Waals surface area contributed by atoms with E-state index in [0.717, 1.165) is 5.56 Å². The number of aromatic nitrogens is 2. The predicted octanol–water partition coefficient (Wildman–Crippen LogP) is 3.80. The Labute approximate surface area is 200 Å². The number of carbonyl (C=O) groups excluding carboxylic acids is 2. The van der Waals surface area contributed by atoms with Crippen LogP contribution >= 0.6 is 0 Å².